The molecule has 0 saturated heterocycles. The van der Waals surface area contributed by atoms with Crippen LogP contribution in [0.15, 0.2) is 58.7 Å². The second kappa shape index (κ2) is 11.1. The first kappa shape index (κ1) is 22.2. The number of hydrogen-bond acceptors (Lipinski definition) is 5. The first-order valence-electron chi connectivity index (χ1n) is 8.67. The maximum Gasteiger partial charge on any atom is 0.252 e. The molecule has 0 radical (unpaired) electrons. The van der Waals surface area contributed by atoms with Crippen LogP contribution in [0.4, 0.5) is 8.78 Å². The number of carbonyl (C=O) groups is 2. The van der Waals surface area contributed by atoms with Gasteiger partial charge in [-0.05, 0) is 49.2 Å². The molecule has 2 rings (SSSR count). The van der Waals surface area contributed by atoms with E-state index >= 15 is 0 Å². The van der Waals surface area contributed by atoms with Crippen LogP contribution in [0.1, 0.15) is 25.0 Å². The quantitative estimate of drug-likeness (QED) is 0.511. The number of hydrogen-bond donors (Lipinski definition) is 2. The van der Waals surface area contributed by atoms with Gasteiger partial charge in [0, 0.05) is 0 Å². The van der Waals surface area contributed by atoms with Gasteiger partial charge >= 0.3 is 0 Å². The van der Waals surface area contributed by atoms with Crippen LogP contribution in [0.5, 0.6) is 0 Å². The molecule has 2 unspecified atom stereocenters. The molecule has 9 heteroatoms. The van der Waals surface area contributed by atoms with Crippen LogP contribution in [0.2, 0.25) is 0 Å². The van der Waals surface area contributed by atoms with Gasteiger partial charge in [-0.3, -0.25) is 9.59 Å². The summed E-state index contributed by atoms with van der Waals surface area (Å²) in [6.07, 6.45) is 2.66. The highest BCUT2D eigenvalue weighted by atomic mass is 32.2. The molecule has 0 spiro atoms. The van der Waals surface area contributed by atoms with Gasteiger partial charge in [0.15, 0.2) is 0 Å². The normalized spacial score (nSPS) is 13.4. The summed E-state index contributed by atoms with van der Waals surface area (Å²) in [6, 6.07) is 11.5. The predicted octanol–water partition coefficient (Wildman–Crippen LogP) is 3.08. The number of rotatable bonds is 8. The fraction of sp³-hybridized carbons (Fsp3) is 0.200. The Labute approximate surface area is 171 Å². The zero-order valence-electron chi connectivity index (χ0n) is 15.8. The zero-order chi connectivity index (χ0) is 21.2. The Morgan fingerprint density at radius 2 is 1.28 bits per heavy atom. The number of halogens is 2. The van der Waals surface area contributed by atoms with Gasteiger partial charge in [0.25, 0.3) is 11.8 Å². The van der Waals surface area contributed by atoms with Crippen molar-refractivity contribution in [2.75, 3.05) is 0 Å². The average molecular weight is 418 g/mol. The predicted molar refractivity (Wildman–Crippen MR) is 111 cm³/mol. The van der Waals surface area contributed by atoms with E-state index in [-0.39, 0.29) is 0 Å². The zero-order valence-corrected chi connectivity index (χ0v) is 16.6. The van der Waals surface area contributed by atoms with Crippen LogP contribution in [0.3, 0.4) is 0 Å². The third-order valence-corrected chi connectivity index (χ3v) is 4.87. The highest BCUT2D eigenvalue weighted by molar-refractivity contribution is 8.01. The molecule has 29 heavy (non-hydrogen) atoms. The van der Waals surface area contributed by atoms with Crippen LogP contribution < -0.4 is 10.9 Å². The molecule has 2 aromatic carbocycles. The fourth-order valence-electron chi connectivity index (χ4n) is 2.13. The minimum atomic E-state index is -0.562. The molecule has 152 valence electrons. The molecule has 0 bridgehead atoms. The number of nitrogens with zero attached hydrogens (tertiary/aromatic N) is 2. The maximum absolute atomic E-state index is 13.1. The molecule has 0 saturated carbocycles. The summed E-state index contributed by atoms with van der Waals surface area (Å²) in [5, 5.41) is 6.45. The van der Waals surface area contributed by atoms with Crippen LogP contribution in [-0.4, -0.2) is 34.7 Å². The summed E-state index contributed by atoms with van der Waals surface area (Å²) in [5.74, 6) is -1.59. The number of thioether (sulfide) groups is 1. The lowest BCUT2D eigenvalue weighted by molar-refractivity contribution is -0.120. The summed E-state index contributed by atoms with van der Waals surface area (Å²) < 4.78 is 26.2. The second-order valence-electron chi connectivity index (χ2n) is 6.00. The Bertz CT molecular complexity index is 847. The number of benzene rings is 2. The standard InChI is InChI=1S/C20H20F2N4O2S/c1-13(19(27)25-23-11-15-5-3-7-17(21)9-15)29-14(2)20(28)26-24-12-16-6-4-8-18(22)10-16/h3-14H,1-2H3,(H,25,27)(H,26,28). The lowest BCUT2D eigenvalue weighted by Gasteiger charge is -2.14. The van der Waals surface area contributed by atoms with Gasteiger partial charge < -0.3 is 0 Å². The molecule has 2 atom stereocenters. The van der Waals surface area contributed by atoms with E-state index in [1.54, 1.807) is 26.0 Å². The molecule has 0 heterocycles. The summed E-state index contributed by atoms with van der Waals surface area (Å²) >= 11 is 1.12. The van der Waals surface area contributed by atoms with E-state index in [0.717, 1.165) is 11.8 Å². The van der Waals surface area contributed by atoms with Crippen molar-refractivity contribution in [2.45, 2.75) is 24.3 Å². The Hall–Kier alpha value is -3.07. The van der Waals surface area contributed by atoms with Gasteiger partial charge in [-0.15, -0.1) is 11.8 Å². The maximum atomic E-state index is 13.1. The average Bonchev–Trinajstić information content (AvgIpc) is 2.67. The highest BCUT2D eigenvalue weighted by Crippen LogP contribution is 2.17. The second-order valence-corrected chi connectivity index (χ2v) is 7.69. The number of nitrogens with one attached hydrogen (secondary N) is 2. The molecule has 2 N–H and O–H groups in total. The Kier molecular flexibility index (Phi) is 8.47. The van der Waals surface area contributed by atoms with Gasteiger partial charge in [0.1, 0.15) is 11.6 Å². The van der Waals surface area contributed by atoms with Gasteiger partial charge in [-0.1, -0.05) is 24.3 Å². The van der Waals surface area contributed by atoms with Crippen molar-refractivity contribution in [1.29, 1.82) is 0 Å². The van der Waals surface area contributed by atoms with Crippen molar-refractivity contribution in [2.24, 2.45) is 10.2 Å². The van der Waals surface area contributed by atoms with Crippen LogP contribution >= 0.6 is 11.8 Å². The highest BCUT2D eigenvalue weighted by Gasteiger charge is 2.21. The molecular formula is C20H20F2N4O2S. The van der Waals surface area contributed by atoms with Crippen LogP contribution in [0, 0.1) is 11.6 Å². The summed E-state index contributed by atoms with van der Waals surface area (Å²) in [4.78, 5) is 24.1. The molecule has 2 aromatic rings. The third kappa shape index (κ3) is 7.82. The molecule has 0 aromatic heterocycles. The first-order chi connectivity index (χ1) is 13.8. The van der Waals surface area contributed by atoms with E-state index in [1.165, 1.54) is 48.8 Å². The Balaban J connectivity index is 1.78. The summed E-state index contributed by atoms with van der Waals surface area (Å²) in [6.45, 7) is 3.27. The minimum absolute atomic E-state index is 0.398. The molecule has 0 aliphatic carbocycles. The van der Waals surface area contributed by atoms with Crippen molar-refractivity contribution in [3.63, 3.8) is 0 Å². The Morgan fingerprint density at radius 3 is 1.66 bits per heavy atom. The van der Waals surface area contributed by atoms with E-state index < -0.39 is 33.9 Å². The van der Waals surface area contributed by atoms with Crippen LogP contribution in [-0.2, 0) is 9.59 Å². The van der Waals surface area contributed by atoms with Crippen molar-refractivity contribution in [1.82, 2.24) is 10.9 Å². The van der Waals surface area contributed by atoms with Gasteiger partial charge in [-0.2, -0.15) is 10.2 Å². The number of carbonyl (C=O) groups excluding carboxylic acids is 2. The lowest BCUT2D eigenvalue weighted by Crippen LogP contribution is -2.33. The number of amides is 2. The van der Waals surface area contributed by atoms with E-state index in [9.17, 15) is 18.4 Å². The number of hydrazone groups is 2. The SMILES string of the molecule is CC(SC(C)C(=O)NN=Cc1cccc(F)c1)C(=O)NN=Cc1cccc(F)c1. The Morgan fingerprint density at radius 1 is 0.862 bits per heavy atom. The summed E-state index contributed by atoms with van der Waals surface area (Å²) in [7, 11) is 0. The molecule has 0 fully saturated rings. The molecular weight excluding hydrogens is 398 g/mol. The van der Waals surface area contributed by atoms with Gasteiger partial charge in [-0.25, -0.2) is 19.6 Å². The van der Waals surface area contributed by atoms with E-state index in [2.05, 4.69) is 21.1 Å². The van der Waals surface area contributed by atoms with Gasteiger partial charge in [0.2, 0.25) is 0 Å². The summed E-state index contributed by atoms with van der Waals surface area (Å²) in [5.41, 5.74) is 5.73. The molecule has 0 aliphatic heterocycles. The van der Waals surface area contributed by atoms with E-state index in [4.69, 9.17) is 0 Å². The smallest absolute Gasteiger partial charge is 0.252 e. The fourth-order valence-corrected chi connectivity index (χ4v) is 3.09. The van der Waals surface area contributed by atoms with E-state index in [1.807, 2.05) is 0 Å². The van der Waals surface area contributed by atoms with E-state index in [0.29, 0.717) is 11.1 Å². The van der Waals surface area contributed by atoms with Crippen molar-refractivity contribution < 1.29 is 18.4 Å². The monoisotopic (exact) mass is 418 g/mol. The molecule has 2 amide bonds. The van der Waals surface area contributed by atoms with Crippen LogP contribution in [0.25, 0.3) is 0 Å². The minimum Gasteiger partial charge on any atom is -0.272 e. The topological polar surface area (TPSA) is 82.9 Å². The third-order valence-electron chi connectivity index (χ3n) is 3.62. The van der Waals surface area contributed by atoms with Crippen molar-refractivity contribution in [3.05, 3.63) is 71.3 Å². The molecule has 6 nitrogen and oxygen atoms in total. The van der Waals surface area contributed by atoms with Crippen molar-refractivity contribution >= 4 is 36.0 Å². The van der Waals surface area contributed by atoms with Gasteiger partial charge in [0.05, 0.1) is 22.9 Å². The van der Waals surface area contributed by atoms with Crippen molar-refractivity contribution in [3.8, 4) is 0 Å². The largest absolute Gasteiger partial charge is 0.272 e. The lowest BCUT2D eigenvalue weighted by atomic mass is 10.2. The first-order valence-corrected chi connectivity index (χ1v) is 9.62. The molecule has 0 aliphatic rings.